The van der Waals surface area contributed by atoms with Crippen molar-refractivity contribution in [3.8, 4) is 6.07 Å². The zero-order chi connectivity index (χ0) is 8.39. The lowest BCUT2D eigenvalue weighted by Gasteiger charge is -1.94. The molecule has 2 heteroatoms. The Bertz CT molecular complexity index is 455. The number of rotatable bonds is 0. The second-order valence-corrected chi connectivity index (χ2v) is 2.45. The molecule has 0 bridgehead atoms. The number of aromatic nitrogens is 1. The van der Waals surface area contributed by atoms with Crippen LogP contribution in [0, 0.1) is 17.4 Å². The van der Waals surface area contributed by atoms with Gasteiger partial charge in [0.15, 0.2) is 0 Å². The molecular weight excluding hydrogens is 148 g/mol. The van der Waals surface area contributed by atoms with Crippen LogP contribution in [0.15, 0.2) is 30.5 Å². The van der Waals surface area contributed by atoms with E-state index in [1.54, 1.807) is 18.3 Å². The van der Waals surface area contributed by atoms with Gasteiger partial charge in [0, 0.05) is 17.6 Å². The van der Waals surface area contributed by atoms with E-state index in [9.17, 15) is 0 Å². The Hall–Kier alpha value is -1.88. The van der Waals surface area contributed by atoms with Crippen LogP contribution in [0.2, 0.25) is 0 Å². The van der Waals surface area contributed by atoms with Gasteiger partial charge in [-0.05, 0) is 18.2 Å². The minimum absolute atomic E-state index is 0.640. The fourth-order valence-corrected chi connectivity index (χ4v) is 1.08. The number of fused-ring (bicyclic) bond motifs is 1. The Balaban J connectivity index is 2.78. The molecule has 55 valence electrons. The summed E-state index contributed by atoms with van der Waals surface area (Å²) in [6.45, 7) is 0. The summed E-state index contributed by atoms with van der Waals surface area (Å²) >= 11 is 0. The average molecular weight is 153 g/mol. The molecule has 1 aromatic heterocycles. The lowest BCUT2D eigenvalue weighted by molar-refractivity contribution is 1.40. The summed E-state index contributed by atoms with van der Waals surface area (Å²) in [5, 5.41) is 9.62. The van der Waals surface area contributed by atoms with Crippen molar-refractivity contribution in [2.24, 2.45) is 0 Å². The largest absolute Gasteiger partial charge is 0.256 e. The van der Waals surface area contributed by atoms with Crippen molar-refractivity contribution in [2.75, 3.05) is 0 Å². The number of nitriles is 1. The smallest absolute Gasteiger partial charge is 0.0992 e. The highest BCUT2D eigenvalue weighted by atomic mass is 14.6. The van der Waals surface area contributed by atoms with Crippen molar-refractivity contribution in [2.45, 2.75) is 0 Å². The first-order valence-corrected chi connectivity index (χ1v) is 3.56. The summed E-state index contributed by atoms with van der Waals surface area (Å²) in [5.41, 5.74) is 1.48. The van der Waals surface area contributed by atoms with Crippen molar-refractivity contribution in [1.29, 1.82) is 5.26 Å². The second kappa shape index (κ2) is 2.63. The second-order valence-electron chi connectivity index (χ2n) is 2.45. The van der Waals surface area contributed by atoms with E-state index in [1.807, 2.05) is 12.1 Å². The maximum absolute atomic E-state index is 8.61. The number of benzene rings is 1. The lowest BCUT2D eigenvalue weighted by atomic mass is 10.1. The van der Waals surface area contributed by atoms with E-state index < -0.39 is 0 Å². The van der Waals surface area contributed by atoms with Gasteiger partial charge in [-0.3, -0.25) is 4.98 Å². The number of nitrogens with zero attached hydrogens (tertiary/aromatic N) is 2. The summed E-state index contributed by atoms with van der Waals surface area (Å²) in [6.07, 6.45) is 1.60. The van der Waals surface area contributed by atoms with Gasteiger partial charge < -0.3 is 0 Å². The van der Waals surface area contributed by atoms with E-state index in [0.29, 0.717) is 5.56 Å². The molecular formula is C10H5N2. The molecule has 0 saturated carbocycles. The lowest BCUT2D eigenvalue weighted by Crippen LogP contribution is -1.79. The molecule has 0 aliphatic carbocycles. The minimum atomic E-state index is 0.640. The van der Waals surface area contributed by atoms with Gasteiger partial charge in [0.05, 0.1) is 17.1 Å². The summed E-state index contributed by atoms with van der Waals surface area (Å²) < 4.78 is 0. The van der Waals surface area contributed by atoms with Gasteiger partial charge in [0.1, 0.15) is 0 Å². The molecule has 0 aliphatic heterocycles. The van der Waals surface area contributed by atoms with Crippen LogP contribution in [-0.2, 0) is 0 Å². The average Bonchev–Trinajstić information content (AvgIpc) is 2.17. The molecule has 0 aliphatic rings. The molecule has 0 N–H and O–H groups in total. The monoisotopic (exact) mass is 153 g/mol. The van der Waals surface area contributed by atoms with Gasteiger partial charge in [-0.1, -0.05) is 6.07 Å². The Morgan fingerprint density at radius 3 is 3.17 bits per heavy atom. The van der Waals surface area contributed by atoms with Crippen LogP contribution in [0.25, 0.3) is 10.9 Å². The molecule has 0 spiro atoms. The van der Waals surface area contributed by atoms with E-state index >= 15 is 0 Å². The van der Waals surface area contributed by atoms with Crippen LogP contribution in [0.4, 0.5) is 0 Å². The number of pyridine rings is 1. The van der Waals surface area contributed by atoms with Gasteiger partial charge >= 0.3 is 0 Å². The van der Waals surface area contributed by atoms with Crippen molar-refractivity contribution < 1.29 is 0 Å². The fraction of sp³-hybridized carbons (Fsp3) is 0. The maximum atomic E-state index is 8.61. The normalized spacial score (nSPS) is 9.58. The standard InChI is InChI=1S/C10H5N2/c11-7-8-3-4-9-2-1-5-12-10(9)6-8/h2-6H. The molecule has 1 heterocycles. The van der Waals surface area contributed by atoms with Gasteiger partial charge in [0.2, 0.25) is 0 Å². The first kappa shape index (κ1) is 6.81. The molecule has 0 saturated heterocycles. The predicted octanol–water partition coefficient (Wildman–Crippen LogP) is 1.91. The quantitative estimate of drug-likeness (QED) is 0.579. The first-order valence-electron chi connectivity index (χ1n) is 3.56. The van der Waals surface area contributed by atoms with Crippen molar-refractivity contribution in [1.82, 2.24) is 4.98 Å². The topological polar surface area (TPSA) is 36.7 Å². The van der Waals surface area contributed by atoms with Crippen molar-refractivity contribution >= 4 is 10.9 Å². The molecule has 0 fully saturated rings. The van der Waals surface area contributed by atoms with E-state index in [-0.39, 0.29) is 0 Å². The van der Waals surface area contributed by atoms with Crippen LogP contribution in [-0.4, -0.2) is 4.98 Å². The van der Waals surface area contributed by atoms with Gasteiger partial charge in [0.25, 0.3) is 0 Å². The van der Waals surface area contributed by atoms with Crippen LogP contribution in [0.1, 0.15) is 5.56 Å². The molecule has 2 rings (SSSR count). The third-order valence-electron chi connectivity index (χ3n) is 1.68. The highest BCUT2D eigenvalue weighted by Gasteiger charge is 1.94. The van der Waals surface area contributed by atoms with Crippen LogP contribution in [0.5, 0.6) is 0 Å². The van der Waals surface area contributed by atoms with Crippen molar-refractivity contribution in [3.63, 3.8) is 0 Å². The SMILES string of the molecule is N#Cc1ccc2c[c]cnc2c1. The Morgan fingerprint density at radius 2 is 2.33 bits per heavy atom. The third-order valence-corrected chi connectivity index (χ3v) is 1.68. The Morgan fingerprint density at radius 1 is 1.42 bits per heavy atom. The van der Waals surface area contributed by atoms with Crippen LogP contribution >= 0.6 is 0 Å². The Labute approximate surface area is 70.1 Å². The van der Waals surface area contributed by atoms with E-state index in [0.717, 1.165) is 10.9 Å². The van der Waals surface area contributed by atoms with Crippen LogP contribution < -0.4 is 0 Å². The summed E-state index contributed by atoms with van der Waals surface area (Å²) in [5.74, 6) is 0. The van der Waals surface area contributed by atoms with Gasteiger partial charge in [-0.2, -0.15) is 5.26 Å². The first-order chi connectivity index (χ1) is 5.90. The van der Waals surface area contributed by atoms with Gasteiger partial charge in [-0.15, -0.1) is 0 Å². The molecule has 1 radical (unpaired) electrons. The fourth-order valence-electron chi connectivity index (χ4n) is 1.08. The van der Waals surface area contributed by atoms with E-state index in [4.69, 9.17) is 5.26 Å². The summed E-state index contributed by atoms with van der Waals surface area (Å²) in [6, 6.07) is 12.2. The summed E-state index contributed by atoms with van der Waals surface area (Å²) in [7, 11) is 0. The van der Waals surface area contributed by atoms with Crippen molar-refractivity contribution in [3.05, 3.63) is 42.1 Å². The zero-order valence-corrected chi connectivity index (χ0v) is 6.28. The minimum Gasteiger partial charge on any atom is -0.256 e. The third kappa shape index (κ3) is 1.02. The molecule has 12 heavy (non-hydrogen) atoms. The van der Waals surface area contributed by atoms with Gasteiger partial charge in [-0.25, -0.2) is 0 Å². The molecule has 2 aromatic rings. The van der Waals surface area contributed by atoms with E-state index in [1.165, 1.54) is 0 Å². The molecule has 0 amide bonds. The Kier molecular flexibility index (Phi) is 1.49. The summed E-state index contributed by atoms with van der Waals surface area (Å²) in [4.78, 5) is 4.08. The predicted molar refractivity (Wildman–Crippen MR) is 45.3 cm³/mol. The number of hydrogen-bond acceptors (Lipinski definition) is 2. The van der Waals surface area contributed by atoms with Crippen LogP contribution in [0.3, 0.4) is 0 Å². The molecule has 2 nitrogen and oxygen atoms in total. The molecule has 0 atom stereocenters. The highest BCUT2D eigenvalue weighted by Crippen LogP contribution is 2.11. The molecule has 1 aromatic carbocycles. The van der Waals surface area contributed by atoms with E-state index in [2.05, 4.69) is 17.1 Å². The zero-order valence-electron chi connectivity index (χ0n) is 6.28. The number of hydrogen-bond donors (Lipinski definition) is 0. The highest BCUT2D eigenvalue weighted by molar-refractivity contribution is 5.79. The maximum Gasteiger partial charge on any atom is 0.0992 e. The molecule has 0 unspecified atom stereocenters.